The number of rotatable bonds is 11. The molecule has 0 bridgehead atoms. The minimum absolute atomic E-state index is 0.0414. The molecule has 0 aliphatic heterocycles. The summed E-state index contributed by atoms with van der Waals surface area (Å²) in [7, 11) is 0. The number of benzene rings is 2. The molecule has 0 radical (unpaired) electrons. The Morgan fingerprint density at radius 2 is 1.72 bits per heavy atom. The normalized spacial score (nSPS) is 11.1. The molecule has 1 heterocycles. The Morgan fingerprint density at radius 1 is 0.938 bits per heavy atom. The molecule has 0 aliphatic carbocycles. The number of nitrogens with zero attached hydrogens (tertiary/aromatic N) is 2. The number of hydrogen-bond donors (Lipinski definition) is 2. The molecule has 3 aromatic rings. The molecule has 2 N–H and O–H groups in total. The molecule has 3 rings (SSSR count). The summed E-state index contributed by atoms with van der Waals surface area (Å²) in [5.41, 5.74) is 4.49. The lowest BCUT2D eigenvalue weighted by atomic mass is 10.1. The van der Waals surface area contributed by atoms with Gasteiger partial charge in [-0.25, -0.2) is 0 Å². The summed E-state index contributed by atoms with van der Waals surface area (Å²) in [5.74, 6) is -0.0414. The van der Waals surface area contributed by atoms with Crippen LogP contribution in [0.15, 0.2) is 72.9 Å². The zero-order chi connectivity index (χ0) is 22.6. The van der Waals surface area contributed by atoms with Gasteiger partial charge in [0.1, 0.15) is 0 Å². The minimum Gasteiger partial charge on any atom is -0.355 e. The molecule has 0 unspecified atom stereocenters. The van der Waals surface area contributed by atoms with E-state index in [9.17, 15) is 4.79 Å². The molecule has 0 aliphatic rings. The lowest BCUT2D eigenvalue weighted by Gasteiger charge is -2.17. The van der Waals surface area contributed by atoms with Crippen molar-refractivity contribution >= 4 is 29.4 Å². The van der Waals surface area contributed by atoms with E-state index in [2.05, 4.69) is 40.4 Å². The van der Waals surface area contributed by atoms with Crippen LogP contribution < -0.4 is 10.6 Å². The first-order valence-corrected chi connectivity index (χ1v) is 11.2. The fourth-order valence-electron chi connectivity index (χ4n) is 3.43. The predicted molar refractivity (Wildman–Crippen MR) is 134 cm³/mol. The van der Waals surface area contributed by atoms with Gasteiger partial charge in [-0.05, 0) is 80.2 Å². The standard InChI is InChI=1S/C27H32N4O/c1-3-31(4-2)19-9-18-29-27(32)23-11-8-14-26(21-23)30-25-13-7-10-22(20-25)15-16-24-12-5-6-17-28-24/h5-8,10-17,20-21,30H,3-4,9,18-19H2,1-2H3,(H,29,32). The Kier molecular flexibility index (Phi) is 9.02. The molecule has 5 heteroatoms. The molecule has 2 aromatic carbocycles. The zero-order valence-corrected chi connectivity index (χ0v) is 18.9. The van der Waals surface area contributed by atoms with E-state index in [-0.39, 0.29) is 5.91 Å². The molecule has 0 saturated heterocycles. The molecule has 5 nitrogen and oxygen atoms in total. The van der Waals surface area contributed by atoms with E-state index in [1.165, 1.54) is 0 Å². The number of anilines is 2. The van der Waals surface area contributed by atoms with Crippen LogP contribution in [-0.4, -0.2) is 42.0 Å². The molecule has 0 fully saturated rings. The van der Waals surface area contributed by atoms with E-state index in [1.54, 1.807) is 6.20 Å². The molecule has 166 valence electrons. The second-order valence-electron chi connectivity index (χ2n) is 7.56. The average molecular weight is 429 g/mol. The van der Waals surface area contributed by atoms with Crippen molar-refractivity contribution in [1.29, 1.82) is 0 Å². The maximum absolute atomic E-state index is 12.5. The highest BCUT2D eigenvalue weighted by Crippen LogP contribution is 2.20. The monoisotopic (exact) mass is 428 g/mol. The fourth-order valence-corrected chi connectivity index (χ4v) is 3.43. The summed E-state index contributed by atoms with van der Waals surface area (Å²) in [6.45, 7) is 8.08. The summed E-state index contributed by atoms with van der Waals surface area (Å²) in [4.78, 5) is 19.2. The van der Waals surface area contributed by atoms with Gasteiger partial charge >= 0.3 is 0 Å². The highest BCUT2D eigenvalue weighted by Gasteiger charge is 2.07. The van der Waals surface area contributed by atoms with Gasteiger partial charge in [-0.3, -0.25) is 9.78 Å². The molecule has 1 aromatic heterocycles. The van der Waals surface area contributed by atoms with Crippen LogP contribution in [0.25, 0.3) is 12.2 Å². The Morgan fingerprint density at radius 3 is 2.47 bits per heavy atom. The molecule has 1 amide bonds. The largest absolute Gasteiger partial charge is 0.355 e. The zero-order valence-electron chi connectivity index (χ0n) is 18.9. The van der Waals surface area contributed by atoms with Crippen molar-refractivity contribution in [2.75, 3.05) is 31.5 Å². The summed E-state index contributed by atoms with van der Waals surface area (Å²) in [6.07, 6.45) is 6.76. The Bertz CT molecular complexity index is 1010. The highest BCUT2D eigenvalue weighted by atomic mass is 16.1. The Balaban J connectivity index is 1.57. The van der Waals surface area contributed by atoms with Crippen molar-refractivity contribution in [3.8, 4) is 0 Å². The van der Waals surface area contributed by atoms with Gasteiger partial charge in [0, 0.05) is 29.7 Å². The van der Waals surface area contributed by atoms with Crippen LogP contribution in [0.2, 0.25) is 0 Å². The van der Waals surface area contributed by atoms with Gasteiger partial charge in [0.25, 0.3) is 5.91 Å². The van der Waals surface area contributed by atoms with Crippen LogP contribution in [0.5, 0.6) is 0 Å². The maximum atomic E-state index is 12.5. The van der Waals surface area contributed by atoms with E-state index in [1.807, 2.05) is 72.8 Å². The topological polar surface area (TPSA) is 57.3 Å². The quantitative estimate of drug-likeness (QED) is 0.398. The second kappa shape index (κ2) is 12.4. The molecular formula is C27H32N4O. The Labute approximate surface area is 191 Å². The van der Waals surface area contributed by atoms with Crippen LogP contribution in [0, 0.1) is 0 Å². The first-order chi connectivity index (χ1) is 15.7. The first kappa shape index (κ1) is 23.2. The lowest BCUT2D eigenvalue weighted by Crippen LogP contribution is -2.29. The van der Waals surface area contributed by atoms with Crippen LogP contribution in [-0.2, 0) is 0 Å². The van der Waals surface area contributed by atoms with Crippen LogP contribution in [0.3, 0.4) is 0 Å². The molecule has 0 spiro atoms. The minimum atomic E-state index is -0.0414. The van der Waals surface area contributed by atoms with Crippen LogP contribution >= 0.6 is 0 Å². The number of pyridine rings is 1. The van der Waals surface area contributed by atoms with Crippen molar-refractivity contribution in [2.45, 2.75) is 20.3 Å². The molecular weight excluding hydrogens is 396 g/mol. The average Bonchev–Trinajstić information content (AvgIpc) is 2.84. The third kappa shape index (κ3) is 7.36. The van der Waals surface area contributed by atoms with Crippen molar-refractivity contribution in [1.82, 2.24) is 15.2 Å². The lowest BCUT2D eigenvalue weighted by molar-refractivity contribution is 0.0952. The van der Waals surface area contributed by atoms with E-state index < -0.39 is 0 Å². The van der Waals surface area contributed by atoms with Gasteiger partial charge in [-0.1, -0.05) is 44.2 Å². The second-order valence-corrected chi connectivity index (χ2v) is 7.56. The van der Waals surface area contributed by atoms with Gasteiger partial charge in [-0.2, -0.15) is 0 Å². The van der Waals surface area contributed by atoms with Crippen molar-refractivity contribution in [3.05, 3.63) is 89.7 Å². The maximum Gasteiger partial charge on any atom is 0.251 e. The summed E-state index contributed by atoms with van der Waals surface area (Å²) in [5, 5.41) is 6.43. The predicted octanol–water partition coefficient (Wildman–Crippen LogP) is 5.46. The van der Waals surface area contributed by atoms with Gasteiger partial charge in [0.05, 0.1) is 5.69 Å². The summed E-state index contributed by atoms with van der Waals surface area (Å²) < 4.78 is 0. The van der Waals surface area contributed by atoms with Gasteiger partial charge in [0.15, 0.2) is 0 Å². The van der Waals surface area contributed by atoms with Gasteiger partial charge < -0.3 is 15.5 Å². The number of carbonyl (C=O) groups is 1. The van der Waals surface area contributed by atoms with Crippen LogP contribution in [0.1, 0.15) is 41.9 Å². The van der Waals surface area contributed by atoms with E-state index >= 15 is 0 Å². The van der Waals surface area contributed by atoms with E-state index in [0.717, 1.165) is 48.7 Å². The smallest absolute Gasteiger partial charge is 0.251 e. The third-order valence-electron chi connectivity index (χ3n) is 5.27. The van der Waals surface area contributed by atoms with E-state index in [4.69, 9.17) is 0 Å². The summed E-state index contributed by atoms with van der Waals surface area (Å²) in [6, 6.07) is 21.6. The van der Waals surface area contributed by atoms with E-state index in [0.29, 0.717) is 12.1 Å². The fraction of sp³-hybridized carbons (Fsp3) is 0.259. The highest BCUT2D eigenvalue weighted by molar-refractivity contribution is 5.95. The first-order valence-electron chi connectivity index (χ1n) is 11.2. The van der Waals surface area contributed by atoms with Crippen molar-refractivity contribution in [3.63, 3.8) is 0 Å². The number of hydrogen-bond acceptors (Lipinski definition) is 4. The number of carbonyl (C=O) groups excluding carboxylic acids is 1. The van der Waals surface area contributed by atoms with Crippen molar-refractivity contribution < 1.29 is 4.79 Å². The Hall–Kier alpha value is -3.44. The number of nitrogens with one attached hydrogen (secondary N) is 2. The molecule has 0 saturated carbocycles. The number of aromatic nitrogens is 1. The third-order valence-corrected chi connectivity index (χ3v) is 5.27. The van der Waals surface area contributed by atoms with Gasteiger partial charge in [0.2, 0.25) is 0 Å². The molecule has 32 heavy (non-hydrogen) atoms. The van der Waals surface area contributed by atoms with Gasteiger partial charge in [-0.15, -0.1) is 0 Å². The number of amides is 1. The SMILES string of the molecule is CCN(CC)CCCNC(=O)c1cccc(Nc2cccc(C=Cc3ccccn3)c2)c1. The van der Waals surface area contributed by atoms with Crippen LogP contribution in [0.4, 0.5) is 11.4 Å². The van der Waals surface area contributed by atoms with Crippen molar-refractivity contribution in [2.24, 2.45) is 0 Å². The molecule has 0 atom stereocenters. The summed E-state index contributed by atoms with van der Waals surface area (Å²) >= 11 is 0.